The van der Waals surface area contributed by atoms with E-state index in [9.17, 15) is 23.3 Å². The lowest BCUT2D eigenvalue weighted by Gasteiger charge is -2.20. The van der Waals surface area contributed by atoms with E-state index < -0.39 is 25.5 Å². The highest BCUT2D eigenvalue weighted by Gasteiger charge is 2.30. The summed E-state index contributed by atoms with van der Waals surface area (Å²) in [5.41, 5.74) is 1.58. The van der Waals surface area contributed by atoms with Gasteiger partial charge in [0.25, 0.3) is 5.69 Å². The molecule has 0 aromatic heterocycles. The maximum Gasteiger partial charge on any atom is 0.293 e. The number of methoxy groups -OCH3 is 1. The Balaban J connectivity index is 1.49. The summed E-state index contributed by atoms with van der Waals surface area (Å²) in [6.07, 6.45) is 1.13. The average Bonchev–Trinajstić information content (AvgIpc) is 3.42. The number of nitro benzene ring substituents is 1. The van der Waals surface area contributed by atoms with Crippen molar-refractivity contribution in [3.63, 3.8) is 0 Å². The molecule has 0 fully saturated rings. The van der Waals surface area contributed by atoms with Crippen LogP contribution in [0.1, 0.15) is 24.0 Å². The smallest absolute Gasteiger partial charge is 0.293 e. The van der Waals surface area contributed by atoms with Crippen LogP contribution in [0, 0.1) is 10.1 Å². The van der Waals surface area contributed by atoms with Gasteiger partial charge in [0.1, 0.15) is 11.6 Å². The molecule has 0 spiro atoms. The zero-order chi connectivity index (χ0) is 26.3. The van der Waals surface area contributed by atoms with E-state index in [1.54, 1.807) is 11.9 Å². The van der Waals surface area contributed by atoms with Crippen LogP contribution in [-0.4, -0.2) is 81.7 Å². The number of amidine groups is 1. The minimum absolute atomic E-state index is 0.0461. The molecule has 0 saturated heterocycles. The van der Waals surface area contributed by atoms with Crippen molar-refractivity contribution in [1.82, 2.24) is 14.5 Å². The normalized spacial score (nSPS) is 13.3. The number of hydrogen-bond donors (Lipinski definition) is 1. The molecule has 0 aliphatic carbocycles. The average molecular weight is 518 g/mol. The molecule has 0 bridgehead atoms. The Bertz CT molecular complexity index is 1230. The van der Waals surface area contributed by atoms with Gasteiger partial charge in [-0.05, 0) is 30.5 Å². The summed E-state index contributed by atoms with van der Waals surface area (Å²) in [5, 5.41) is 14.6. The molecule has 1 aliphatic rings. The van der Waals surface area contributed by atoms with Gasteiger partial charge in [0.2, 0.25) is 15.9 Å². The summed E-state index contributed by atoms with van der Waals surface area (Å²) in [6, 6.07) is 11.7. The van der Waals surface area contributed by atoms with Crippen LogP contribution in [0.2, 0.25) is 0 Å². The van der Waals surface area contributed by atoms with E-state index >= 15 is 0 Å². The Morgan fingerprint density at radius 1 is 1.17 bits per heavy atom. The molecule has 1 N–H and O–H groups in total. The monoisotopic (exact) mass is 517 g/mol. The topological polar surface area (TPSA) is 134 Å². The second-order valence-electron chi connectivity index (χ2n) is 8.44. The highest BCUT2D eigenvalue weighted by molar-refractivity contribution is 7.89. The highest BCUT2D eigenvalue weighted by atomic mass is 32.2. The van der Waals surface area contributed by atoms with Gasteiger partial charge in [0.05, 0.1) is 24.6 Å². The van der Waals surface area contributed by atoms with Gasteiger partial charge in [0.15, 0.2) is 4.90 Å². The van der Waals surface area contributed by atoms with Crippen molar-refractivity contribution in [2.45, 2.75) is 24.2 Å². The lowest BCUT2D eigenvalue weighted by atomic mass is 10.1. The summed E-state index contributed by atoms with van der Waals surface area (Å²) in [6.45, 7) is 2.22. The first kappa shape index (κ1) is 27.1. The van der Waals surface area contributed by atoms with Crippen molar-refractivity contribution >= 4 is 27.5 Å². The Kier molecular flexibility index (Phi) is 8.99. The third kappa shape index (κ3) is 6.58. The fourth-order valence-electron chi connectivity index (χ4n) is 3.76. The first-order valence-corrected chi connectivity index (χ1v) is 13.0. The maximum atomic E-state index is 12.9. The van der Waals surface area contributed by atoms with Crippen LogP contribution < -0.4 is 10.1 Å². The van der Waals surface area contributed by atoms with Crippen molar-refractivity contribution in [3.8, 4) is 5.75 Å². The first-order chi connectivity index (χ1) is 17.1. The van der Waals surface area contributed by atoms with Crippen LogP contribution in [-0.2, 0) is 21.2 Å². The summed E-state index contributed by atoms with van der Waals surface area (Å²) in [4.78, 5) is 28.8. The van der Waals surface area contributed by atoms with Gasteiger partial charge >= 0.3 is 0 Å². The number of ether oxygens (including phenoxy) is 1. The Morgan fingerprint density at radius 2 is 1.89 bits per heavy atom. The molecular formula is C24H31N5O6S. The number of aliphatic imine (C=N–C) groups is 1. The molecule has 194 valence electrons. The third-order valence-corrected chi connectivity index (χ3v) is 7.88. The van der Waals surface area contributed by atoms with Gasteiger partial charge in [-0.15, -0.1) is 0 Å². The standard InChI is InChI=1S/C24H31N5O6S/c1-27(16-12-18-6-8-19(9-7-18)24-25-13-14-26-24)23(30)5-4-15-28(2)36(33,34)22-11-10-20(35-3)17-21(22)29(31)32/h6-11,17H,4-5,12-16H2,1-3H3,(H,25,26). The molecule has 0 saturated carbocycles. The van der Waals surface area contributed by atoms with Crippen molar-refractivity contribution in [2.75, 3.05) is 47.4 Å². The molecule has 2 aromatic carbocycles. The molecule has 12 heteroatoms. The molecule has 0 radical (unpaired) electrons. The minimum Gasteiger partial charge on any atom is -0.497 e. The first-order valence-electron chi connectivity index (χ1n) is 11.5. The van der Waals surface area contributed by atoms with Gasteiger partial charge in [-0.2, -0.15) is 0 Å². The highest BCUT2D eigenvalue weighted by Crippen LogP contribution is 2.30. The van der Waals surface area contributed by atoms with Crippen molar-refractivity contribution in [3.05, 3.63) is 63.7 Å². The number of sulfonamides is 1. The summed E-state index contributed by atoms with van der Waals surface area (Å²) < 4.78 is 31.8. The van der Waals surface area contributed by atoms with E-state index in [2.05, 4.69) is 10.3 Å². The number of hydrogen-bond acceptors (Lipinski definition) is 8. The fraction of sp³-hybridized carbons (Fsp3) is 0.417. The van der Waals surface area contributed by atoms with E-state index in [0.717, 1.165) is 46.5 Å². The summed E-state index contributed by atoms with van der Waals surface area (Å²) in [5.74, 6) is 0.993. The van der Waals surface area contributed by atoms with Crippen molar-refractivity contribution in [2.24, 2.45) is 4.99 Å². The molecule has 1 amide bonds. The molecule has 2 aromatic rings. The van der Waals surface area contributed by atoms with E-state index in [1.807, 2.05) is 24.3 Å². The quantitative estimate of drug-likeness (QED) is 0.336. The number of nitro groups is 1. The lowest BCUT2D eigenvalue weighted by molar-refractivity contribution is -0.387. The van der Waals surface area contributed by atoms with Gasteiger partial charge < -0.3 is 15.0 Å². The third-order valence-electron chi connectivity index (χ3n) is 5.98. The molecule has 1 heterocycles. The van der Waals surface area contributed by atoms with E-state index in [1.165, 1.54) is 20.2 Å². The van der Waals surface area contributed by atoms with Gasteiger partial charge in [0, 0.05) is 45.7 Å². The number of nitrogens with one attached hydrogen (secondary N) is 1. The van der Waals surface area contributed by atoms with Gasteiger partial charge in [-0.3, -0.25) is 19.9 Å². The van der Waals surface area contributed by atoms with Crippen LogP contribution >= 0.6 is 0 Å². The number of benzene rings is 2. The Hall–Kier alpha value is -3.51. The fourth-order valence-corrected chi connectivity index (χ4v) is 5.10. The molecule has 3 rings (SSSR count). The van der Waals surface area contributed by atoms with Crippen LogP contribution in [0.25, 0.3) is 0 Å². The summed E-state index contributed by atoms with van der Waals surface area (Å²) in [7, 11) is 0.284. The lowest BCUT2D eigenvalue weighted by Crippen LogP contribution is -2.31. The van der Waals surface area contributed by atoms with Crippen LogP contribution in [0.15, 0.2) is 52.4 Å². The van der Waals surface area contributed by atoms with Crippen LogP contribution in [0.5, 0.6) is 5.75 Å². The largest absolute Gasteiger partial charge is 0.497 e. The summed E-state index contributed by atoms with van der Waals surface area (Å²) >= 11 is 0. The van der Waals surface area contributed by atoms with Crippen LogP contribution in [0.4, 0.5) is 5.69 Å². The Labute approximate surface area is 211 Å². The maximum absolute atomic E-state index is 12.9. The molecule has 11 nitrogen and oxygen atoms in total. The Morgan fingerprint density at radius 3 is 2.50 bits per heavy atom. The SMILES string of the molecule is COc1ccc(S(=O)(=O)N(C)CCCC(=O)N(C)CCc2ccc(C3=NCCN3)cc2)c([N+](=O)[O-])c1. The number of carbonyl (C=O) groups excluding carboxylic acids is 1. The van der Waals surface area contributed by atoms with E-state index in [4.69, 9.17) is 4.74 Å². The molecule has 0 unspecified atom stereocenters. The zero-order valence-corrected chi connectivity index (χ0v) is 21.5. The molecular weight excluding hydrogens is 486 g/mol. The molecule has 1 aliphatic heterocycles. The number of carbonyl (C=O) groups is 1. The predicted molar refractivity (Wildman–Crippen MR) is 136 cm³/mol. The molecule has 0 atom stereocenters. The van der Waals surface area contributed by atoms with E-state index in [0.29, 0.717) is 13.0 Å². The number of likely N-dealkylation sites (N-methyl/N-ethyl adjacent to an activating group) is 1. The minimum atomic E-state index is -4.12. The van der Waals surface area contributed by atoms with Crippen LogP contribution in [0.3, 0.4) is 0 Å². The van der Waals surface area contributed by atoms with Crippen molar-refractivity contribution in [1.29, 1.82) is 0 Å². The number of amides is 1. The second kappa shape index (κ2) is 12.0. The zero-order valence-electron chi connectivity index (χ0n) is 20.6. The van der Waals surface area contributed by atoms with Crippen molar-refractivity contribution < 1.29 is 22.9 Å². The van der Waals surface area contributed by atoms with Gasteiger partial charge in [-0.25, -0.2) is 12.7 Å². The van der Waals surface area contributed by atoms with E-state index in [-0.39, 0.29) is 31.0 Å². The number of nitrogens with zero attached hydrogens (tertiary/aromatic N) is 4. The predicted octanol–water partition coefficient (Wildman–Crippen LogP) is 2.05. The number of rotatable bonds is 12. The molecule has 36 heavy (non-hydrogen) atoms. The second-order valence-corrected chi connectivity index (χ2v) is 10.5. The van der Waals surface area contributed by atoms with Gasteiger partial charge in [-0.1, -0.05) is 24.3 Å².